The minimum absolute atomic E-state index is 0.119. The Hall–Kier alpha value is -3.47. The Morgan fingerprint density at radius 1 is 1.05 bits per heavy atom. The van der Waals surface area contributed by atoms with Gasteiger partial charge in [0.1, 0.15) is 5.69 Å². The number of nitrogens with one attached hydrogen (secondary N) is 1. The molecule has 1 fully saturated rings. The fourth-order valence-corrected chi connectivity index (χ4v) is 5.74. The maximum Gasteiger partial charge on any atom is 0.266 e. The molecule has 40 heavy (non-hydrogen) atoms. The third-order valence-electron chi connectivity index (χ3n) is 7.57. The number of aliphatic hydroxyl groups is 1. The third-order valence-corrected chi connectivity index (χ3v) is 8.34. The highest BCUT2D eigenvalue weighted by atomic mass is 32.2. The van der Waals surface area contributed by atoms with Crippen molar-refractivity contribution < 1.29 is 14.3 Å². The van der Waals surface area contributed by atoms with Crippen LogP contribution in [0.15, 0.2) is 59.1 Å². The summed E-state index contributed by atoms with van der Waals surface area (Å²) in [5, 5.41) is 18.0. The molecule has 3 aliphatic heterocycles. The smallest absolute Gasteiger partial charge is 0.266 e. The van der Waals surface area contributed by atoms with Gasteiger partial charge in [-0.2, -0.15) is 0 Å². The van der Waals surface area contributed by atoms with Gasteiger partial charge in [-0.15, -0.1) is 10.2 Å². The molecule has 9 nitrogen and oxygen atoms in total. The summed E-state index contributed by atoms with van der Waals surface area (Å²) in [4.78, 5) is 11.7. The van der Waals surface area contributed by atoms with Gasteiger partial charge in [-0.25, -0.2) is 9.97 Å². The molecule has 3 aliphatic rings. The number of hydrogen-bond donors (Lipinski definition) is 2. The highest BCUT2D eigenvalue weighted by Crippen LogP contribution is 2.38. The summed E-state index contributed by atoms with van der Waals surface area (Å²) < 4.78 is 16.0. The van der Waals surface area contributed by atoms with Crippen molar-refractivity contribution in [2.75, 3.05) is 41.7 Å². The Bertz CT molecular complexity index is 1450. The van der Waals surface area contributed by atoms with E-state index < -0.39 is 0 Å². The highest BCUT2D eigenvalue weighted by molar-refractivity contribution is 8.00. The summed E-state index contributed by atoms with van der Waals surface area (Å²) >= 11 is 1.48. The quantitative estimate of drug-likeness (QED) is 0.242. The predicted molar refractivity (Wildman–Crippen MR) is 158 cm³/mol. The molecule has 2 aromatic heterocycles. The third kappa shape index (κ3) is 5.99. The number of aromatic nitrogens is 4. The zero-order valence-electron chi connectivity index (χ0n) is 22.7. The minimum atomic E-state index is -0.137. The van der Waals surface area contributed by atoms with Gasteiger partial charge in [-0.05, 0) is 74.9 Å². The van der Waals surface area contributed by atoms with E-state index in [2.05, 4.69) is 56.0 Å². The molecule has 1 saturated heterocycles. The summed E-state index contributed by atoms with van der Waals surface area (Å²) in [7, 11) is 0. The van der Waals surface area contributed by atoms with E-state index in [1.807, 2.05) is 18.2 Å². The molecular weight excluding hydrogens is 524 g/mol. The van der Waals surface area contributed by atoms with Crippen LogP contribution in [0.4, 0.5) is 11.4 Å². The monoisotopic (exact) mass is 558 g/mol. The lowest BCUT2D eigenvalue weighted by Gasteiger charge is -2.41. The van der Waals surface area contributed by atoms with Gasteiger partial charge in [-0.3, -0.25) is 0 Å². The lowest BCUT2D eigenvalue weighted by Crippen LogP contribution is -2.44. The molecule has 8 bridgehead atoms. The second-order valence-corrected chi connectivity index (χ2v) is 11.4. The van der Waals surface area contributed by atoms with Crippen molar-refractivity contribution in [2.45, 2.75) is 44.6 Å². The molecule has 0 aliphatic carbocycles. The first-order valence-corrected chi connectivity index (χ1v) is 14.9. The number of fused-ring (bicyclic) bond motifs is 6. The Morgan fingerprint density at radius 3 is 2.80 bits per heavy atom. The van der Waals surface area contributed by atoms with Crippen molar-refractivity contribution in [3.05, 3.63) is 60.3 Å². The van der Waals surface area contributed by atoms with Gasteiger partial charge in [0.25, 0.3) is 5.89 Å². The molecule has 0 radical (unpaired) electrons. The van der Waals surface area contributed by atoms with Gasteiger partial charge in [0.2, 0.25) is 5.89 Å². The van der Waals surface area contributed by atoms with Gasteiger partial charge >= 0.3 is 0 Å². The molecule has 7 rings (SSSR count). The maximum absolute atomic E-state index is 9.19. The number of benzene rings is 2. The van der Waals surface area contributed by atoms with Crippen LogP contribution in [-0.4, -0.2) is 62.9 Å². The van der Waals surface area contributed by atoms with Gasteiger partial charge in [0, 0.05) is 42.9 Å². The summed E-state index contributed by atoms with van der Waals surface area (Å²) in [5.41, 5.74) is 5.54. The molecule has 0 unspecified atom stereocenters. The van der Waals surface area contributed by atoms with Gasteiger partial charge in [0.15, 0.2) is 5.82 Å². The summed E-state index contributed by atoms with van der Waals surface area (Å²) in [6, 6.07) is 16.3. The normalized spacial score (nSPS) is 16.8. The number of anilines is 2. The van der Waals surface area contributed by atoms with Crippen LogP contribution in [0.2, 0.25) is 0 Å². The number of nitrogens with zero attached hydrogens (tertiary/aromatic N) is 5. The SMILES string of the molecule is CC12CCN(CC1)c1cc(NSCCO)ccc1-c1nnc(o1)-c1ccnc(n1)-c1cccc(c1)CCCCO2. The summed E-state index contributed by atoms with van der Waals surface area (Å²) in [6.07, 6.45) is 6.68. The van der Waals surface area contributed by atoms with Crippen molar-refractivity contribution in [3.63, 3.8) is 0 Å². The molecular formula is C30H34N6O3S. The molecule has 0 saturated carbocycles. The van der Waals surface area contributed by atoms with Crippen LogP contribution in [0.25, 0.3) is 34.4 Å². The van der Waals surface area contributed by atoms with Crippen molar-refractivity contribution >= 4 is 23.3 Å². The average Bonchev–Trinajstić information content (AvgIpc) is 3.48. The van der Waals surface area contributed by atoms with Crippen LogP contribution < -0.4 is 9.62 Å². The van der Waals surface area contributed by atoms with Gasteiger partial charge in [-0.1, -0.05) is 30.1 Å². The predicted octanol–water partition coefficient (Wildman–Crippen LogP) is 5.62. The van der Waals surface area contributed by atoms with E-state index >= 15 is 0 Å². The number of aryl methyl sites for hydroxylation is 1. The van der Waals surface area contributed by atoms with Crippen LogP contribution in [0.5, 0.6) is 0 Å². The molecule has 0 spiro atoms. The molecule has 2 N–H and O–H groups in total. The zero-order valence-corrected chi connectivity index (χ0v) is 23.5. The number of ether oxygens (including phenoxy) is 1. The Kier molecular flexibility index (Phi) is 7.99. The van der Waals surface area contributed by atoms with Crippen LogP contribution in [0.1, 0.15) is 38.2 Å². The molecule has 10 heteroatoms. The number of aliphatic hydroxyl groups excluding tert-OH is 1. The van der Waals surface area contributed by atoms with Crippen molar-refractivity contribution in [1.29, 1.82) is 0 Å². The van der Waals surface area contributed by atoms with E-state index in [-0.39, 0.29) is 12.2 Å². The molecule has 5 heterocycles. The number of piperidine rings is 1. The molecule has 208 valence electrons. The van der Waals surface area contributed by atoms with E-state index in [9.17, 15) is 5.11 Å². The molecule has 4 aromatic rings. The van der Waals surface area contributed by atoms with Crippen molar-refractivity contribution in [1.82, 2.24) is 20.2 Å². The van der Waals surface area contributed by atoms with Crippen LogP contribution >= 0.6 is 11.9 Å². The average molecular weight is 559 g/mol. The largest absolute Gasteiger partial charge is 0.415 e. The van der Waals surface area contributed by atoms with Gasteiger partial charge < -0.3 is 23.9 Å². The Balaban J connectivity index is 1.38. The van der Waals surface area contributed by atoms with Crippen molar-refractivity contribution in [2.24, 2.45) is 0 Å². The molecule has 0 amide bonds. The van der Waals surface area contributed by atoms with Gasteiger partial charge in [0.05, 0.1) is 23.5 Å². The summed E-state index contributed by atoms with van der Waals surface area (Å²) in [6.45, 7) is 4.84. The van der Waals surface area contributed by atoms with Crippen molar-refractivity contribution in [3.8, 4) is 34.4 Å². The first-order chi connectivity index (χ1) is 19.6. The maximum atomic E-state index is 9.19. The Morgan fingerprint density at radius 2 is 1.93 bits per heavy atom. The molecule has 0 atom stereocenters. The first-order valence-electron chi connectivity index (χ1n) is 13.9. The standard InChI is InChI=1S/C30H34N6O3S/c1-30-11-14-36(15-12-30)26-20-23(35-40-18-16-37)8-9-24(26)28-33-34-29(39-28)25-10-13-31-27(32-25)22-7-4-6-21(19-22)5-2-3-17-38-30/h4,6-10,13,19-20,35,37H,2-3,5,11-12,14-18H2,1H3. The minimum Gasteiger partial charge on any atom is -0.415 e. The fourth-order valence-electron chi connectivity index (χ4n) is 5.25. The fraction of sp³-hybridized carbons (Fsp3) is 0.400. The second-order valence-electron chi connectivity index (χ2n) is 10.5. The summed E-state index contributed by atoms with van der Waals surface area (Å²) in [5.74, 6) is 2.04. The van der Waals surface area contributed by atoms with Crippen LogP contribution in [-0.2, 0) is 11.2 Å². The Labute approximate surface area is 238 Å². The highest BCUT2D eigenvalue weighted by Gasteiger charge is 2.32. The second kappa shape index (κ2) is 12.0. The lowest BCUT2D eigenvalue weighted by atomic mass is 9.92. The van der Waals surface area contributed by atoms with E-state index in [1.165, 1.54) is 17.5 Å². The molecule has 2 aromatic carbocycles. The van der Waals surface area contributed by atoms with E-state index in [4.69, 9.17) is 14.1 Å². The lowest BCUT2D eigenvalue weighted by molar-refractivity contribution is -0.0490. The zero-order chi connectivity index (χ0) is 27.4. The van der Waals surface area contributed by atoms with Crippen LogP contribution in [0.3, 0.4) is 0 Å². The number of rotatable bonds is 4. The first kappa shape index (κ1) is 26.7. The van der Waals surface area contributed by atoms with E-state index in [0.717, 1.165) is 74.3 Å². The number of hydrogen-bond acceptors (Lipinski definition) is 10. The van der Waals surface area contributed by atoms with E-state index in [0.29, 0.717) is 29.1 Å². The topological polar surface area (TPSA) is 109 Å². The van der Waals surface area contributed by atoms with Crippen LogP contribution in [0, 0.1) is 0 Å². The van der Waals surface area contributed by atoms with E-state index in [1.54, 1.807) is 12.3 Å².